The first kappa shape index (κ1) is 11.0. The average molecular weight is 255 g/mol. The maximum Gasteiger partial charge on any atom is 0.152 e. The molecule has 0 saturated heterocycles. The van der Waals surface area contributed by atoms with Gasteiger partial charge in [-0.15, -0.1) is 0 Å². The first-order chi connectivity index (χ1) is 6.84. The third kappa shape index (κ3) is 3.75. The summed E-state index contributed by atoms with van der Waals surface area (Å²) in [6.07, 6.45) is 4.08. The highest BCUT2D eigenvalue weighted by molar-refractivity contribution is 9.10. The molecule has 0 unspecified atom stereocenters. The molecule has 3 nitrogen and oxygen atoms in total. The van der Waals surface area contributed by atoms with Crippen LogP contribution < -0.4 is 4.74 Å². The molecule has 0 aliphatic heterocycles. The largest absolute Gasteiger partial charge is 0.491 e. The molecule has 14 heavy (non-hydrogen) atoms. The molecule has 0 fully saturated rings. The normalized spacial score (nSPS) is 9.43. The summed E-state index contributed by atoms with van der Waals surface area (Å²) in [4.78, 5) is 4.03. The predicted octanol–water partition coefficient (Wildman–Crippen LogP) is 2.92. The Morgan fingerprint density at radius 3 is 3.07 bits per heavy atom. The lowest BCUT2D eigenvalue weighted by molar-refractivity contribution is 0.304. The predicted molar refractivity (Wildman–Crippen MR) is 56.9 cm³/mol. The number of rotatable bonds is 5. The lowest BCUT2D eigenvalue weighted by Crippen LogP contribution is -1.98. The Morgan fingerprint density at radius 1 is 1.50 bits per heavy atom. The first-order valence-electron chi connectivity index (χ1n) is 4.45. The smallest absolute Gasteiger partial charge is 0.152 e. The van der Waals surface area contributed by atoms with E-state index in [2.05, 4.69) is 27.0 Å². The summed E-state index contributed by atoms with van der Waals surface area (Å²) in [6, 6.07) is 5.79. The molecular weight excluding hydrogens is 244 g/mol. The van der Waals surface area contributed by atoms with E-state index in [0.717, 1.165) is 23.2 Å². The standard InChI is InChI=1S/C10H11BrN2O/c11-10-9(5-4-7-13-10)14-8-3-1-2-6-12/h4-5,7H,1-3,8H2. The molecule has 0 spiro atoms. The molecule has 1 aromatic rings. The van der Waals surface area contributed by atoms with Gasteiger partial charge >= 0.3 is 0 Å². The fourth-order valence-electron chi connectivity index (χ4n) is 0.967. The van der Waals surface area contributed by atoms with Gasteiger partial charge in [0, 0.05) is 12.6 Å². The topological polar surface area (TPSA) is 45.9 Å². The van der Waals surface area contributed by atoms with Crippen LogP contribution in [0.25, 0.3) is 0 Å². The molecule has 0 bridgehead atoms. The molecule has 0 amide bonds. The van der Waals surface area contributed by atoms with E-state index in [1.165, 1.54) is 0 Å². The van der Waals surface area contributed by atoms with Crippen LogP contribution in [0.2, 0.25) is 0 Å². The lowest BCUT2D eigenvalue weighted by Gasteiger charge is -2.05. The van der Waals surface area contributed by atoms with E-state index in [0.29, 0.717) is 13.0 Å². The zero-order valence-corrected chi connectivity index (χ0v) is 9.33. The highest BCUT2D eigenvalue weighted by Crippen LogP contribution is 2.21. The van der Waals surface area contributed by atoms with Gasteiger partial charge in [0.15, 0.2) is 5.75 Å². The van der Waals surface area contributed by atoms with Crippen molar-refractivity contribution >= 4 is 15.9 Å². The number of hydrogen-bond acceptors (Lipinski definition) is 3. The summed E-state index contributed by atoms with van der Waals surface area (Å²) in [5.74, 6) is 0.754. The Morgan fingerprint density at radius 2 is 2.36 bits per heavy atom. The van der Waals surface area contributed by atoms with Gasteiger partial charge in [-0.2, -0.15) is 5.26 Å². The fraction of sp³-hybridized carbons (Fsp3) is 0.400. The number of halogens is 1. The van der Waals surface area contributed by atoms with Crippen molar-refractivity contribution in [2.45, 2.75) is 19.3 Å². The molecule has 0 N–H and O–H groups in total. The second-order valence-corrected chi connectivity index (χ2v) is 3.51. The van der Waals surface area contributed by atoms with Crippen LogP contribution in [0.1, 0.15) is 19.3 Å². The van der Waals surface area contributed by atoms with Crippen molar-refractivity contribution < 1.29 is 4.74 Å². The Bertz CT molecular complexity index is 322. The second kappa shape index (κ2) is 6.39. The molecule has 0 aliphatic carbocycles. The van der Waals surface area contributed by atoms with E-state index in [4.69, 9.17) is 10.00 Å². The zero-order valence-electron chi connectivity index (χ0n) is 7.74. The SMILES string of the molecule is N#CCCCCOc1cccnc1Br. The molecule has 1 aromatic heterocycles. The maximum atomic E-state index is 8.32. The molecule has 74 valence electrons. The van der Waals surface area contributed by atoms with Gasteiger partial charge in [0.2, 0.25) is 0 Å². The van der Waals surface area contributed by atoms with Crippen molar-refractivity contribution in [3.8, 4) is 11.8 Å². The van der Waals surface area contributed by atoms with E-state index in [1.807, 2.05) is 12.1 Å². The van der Waals surface area contributed by atoms with Gasteiger partial charge in [-0.25, -0.2) is 4.98 Å². The Hall–Kier alpha value is -1.08. The van der Waals surface area contributed by atoms with Crippen molar-refractivity contribution in [2.24, 2.45) is 0 Å². The van der Waals surface area contributed by atoms with Crippen LogP contribution in [-0.2, 0) is 0 Å². The molecule has 0 aliphatic rings. The number of unbranched alkanes of at least 4 members (excludes halogenated alkanes) is 2. The monoisotopic (exact) mass is 254 g/mol. The molecule has 0 atom stereocenters. The molecule has 4 heteroatoms. The van der Waals surface area contributed by atoms with Crippen LogP contribution >= 0.6 is 15.9 Å². The number of pyridine rings is 1. The van der Waals surface area contributed by atoms with Crippen LogP contribution in [0, 0.1) is 11.3 Å². The summed E-state index contributed by atoms with van der Waals surface area (Å²) >= 11 is 3.29. The van der Waals surface area contributed by atoms with Gasteiger partial charge in [-0.1, -0.05) is 0 Å². The minimum Gasteiger partial charge on any atom is -0.491 e. The number of ether oxygens (including phenoxy) is 1. The number of nitrogens with zero attached hydrogens (tertiary/aromatic N) is 2. The average Bonchev–Trinajstić information content (AvgIpc) is 2.20. The fourth-order valence-corrected chi connectivity index (χ4v) is 1.33. The second-order valence-electron chi connectivity index (χ2n) is 2.76. The number of nitriles is 1. The molecule has 0 saturated carbocycles. The lowest BCUT2D eigenvalue weighted by atomic mass is 10.3. The summed E-state index contributed by atoms with van der Waals surface area (Å²) < 4.78 is 6.19. The minimum absolute atomic E-state index is 0.595. The summed E-state index contributed by atoms with van der Waals surface area (Å²) in [5.41, 5.74) is 0. The van der Waals surface area contributed by atoms with Crippen molar-refractivity contribution in [1.29, 1.82) is 5.26 Å². The third-order valence-corrected chi connectivity index (χ3v) is 2.26. The highest BCUT2D eigenvalue weighted by atomic mass is 79.9. The van der Waals surface area contributed by atoms with Crippen LogP contribution in [0.15, 0.2) is 22.9 Å². The van der Waals surface area contributed by atoms with Crippen LogP contribution in [0.3, 0.4) is 0 Å². The van der Waals surface area contributed by atoms with Crippen LogP contribution in [0.5, 0.6) is 5.75 Å². The van der Waals surface area contributed by atoms with E-state index >= 15 is 0 Å². The van der Waals surface area contributed by atoms with Gasteiger partial charge in [0.05, 0.1) is 12.7 Å². The molecule has 1 heterocycles. The quantitative estimate of drug-likeness (QED) is 0.600. The summed E-state index contributed by atoms with van der Waals surface area (Å²) in [6.45, 7) is 0.631. The summed E-state index contributed by atoms with van der Waals surface area (Å²) in [5, 5.41) is 8.32. The molecule has 1 rings (SSSR count). The van der Waals surface area contributed by atoms with Crippen LogP contribution in [-0.4, -0.2) is 11.6 Å². The van der Waals surface area contributed by atoms with Crippen LogP contribution in [0.4, 0.5) is 0 Å². The first-order valence-corrected chi connectivity index (χ1v) is 5.24. The Kier molecular flexibility index (Phi) is 5.02. The van der Waals surface area contributed by atoms with Gasteiger partial charge in [0.25, 0.3) is 0 Å². The van der Waals surface area contributed by atoms with Gasteiger partial charge < -0.3 is 4.74 Å². The molecule has 0 radical (unpaired) electrons. The van der Waals surface area contributed by atoms with Crippen molar-refractivity contribution in [3.05, 3.63) is 22.9 Å². The van der Waals surface area contributed by atoms with Crippen molar-refractivity contribution in [1.82, 2.24) is 4.98 Å². The summed E-state index contributed by atoms with van der Waals surface area (Å²) in [7, 11) is 0. The van der Waals surface area contributed by atoms with Crippen molar-refractivity contribution in [3.63, 3.8) is 0 Å². The van der Waals surface area contributed by atoms with Crippen molar-refractivity contribution in [2.75, 3.05) is 6.61 Å². The van der Waals surface area contributed by atoms with E-state index in [9.17, 15) is 0 Å². The van der Waals surface area contributed by atoms with Gasteiger partial charge in [0.1, 0.15) is 4.60 Å². The Balaban J connectivity index is 2.25. The highest BCUT2D eigenvalue weighted by Gasteiger charge is 1.99. The Labute approximate surface area is 91.8 Å². The molecule has 0 aromatic carbocycles. The number of hydrogen-bond donors (Lipinski definition) is 0. The van der Waals surface area contributed by atoms with E-state index in [-0.39, 0.29) is 0 Å². The number of aromatic nitrogens is 1. The zero-order chi connectivity index (χ0) is 10.2. The van der Waals surface area contributed by atoms with Gasteiger partial charge in [-0.3, -0.25) is 0 Å². The van der Waals surface area contributed by atoms with E-state index < -0.39 is 0 Å². The van der Waals surface area contributed by atoms with Gasteiger partial charge in [-0.05, 0) is 40.9 Å². The van der Waals surface area contributed by atoms with E-state index in [1.54, 1.807) is 6.20 Å². The maximum absolute atomic E-state index is 8.32. The third-order valence-electron chi connectivity index (χ3n) is 1.67. The minimum atomic E-state index is 0.595. The molecular formula is C10H11BrN2O.